The maximum atomic E-state index is 13.1. The van der Waals surface area contributed by atoms with Crippen molar-refractivity contribution in [2.45, 2.75) is 84.5 Å². The molecule has 1 atom stereocenters. The summed E-state index contributed by atoms with van der Waals surface area (Å²) < 4.78 is 12.1. The third-order valence-corrected chi connectivity index (χ3v) is 7.22. The number of ether oxygens (including phenoxy) is 2. The molecule has 1 N–H and O–H groups in total. The first-order valence-corrected chi connectivity index (χ1v) is 14.1. The number of hydrogen-bond donors (Lipinski definition) is 1. The first-order chi connectivity index (χ1) is 19.0. The lowest BCUT2D eigenvalue weighted by Gasteiger charge is -2.24. The summed E-state index contributed by atoms with van der Waals surface area (Å²) in [7, 11) is 0. The number of carbonyl (C=O) groups excluding carboxylic acids is 1. The summed E-state index contributed by atoms with van der Waals surface area (Å²) >= 11 is 0. The minimum Gasteiger partial charge on any atom is -0.491 e. The fourth-order valence-electron chi connectivity index (χ4n) is 5.30. The Bertz CT molecular complexity index is 1330. The summed E-state index contributed by atoms with van der Waals surface area (Å²) in [5.41, 5.74) is 5.30. The van der Waals surface area contributed by atoms with Crippen LogP contribution in [0.15, 0.2) is 66.7 Å². The average molecular weight is 544 g/mol. The Kier molecular flexibility index (Phi) is 9.18. The second-order valence-corrected chi connectivity index (χ2v) is 11.7. The van der Waals surface area contributed by atoms with E-state index in [0.717, 1.165) is 35.3 Å². The lowest BCUT2D eigenvalue weighted by molar-refractivity contribution is -0.144. The second-order valence-electron chi connectivity index (χ2n) is 11.7. The third-order valence-electron chi connectivity index (χ3n) is 7.22. The van der Waals surface area contributed by atoms with Crippen molar-refractivity contribution >= 4 is 11.9 Å². The number of amides is 1. The van der Waals surface area contributed by atoms with Crippen molar-refractivity contribution in [2.75, 3.05) is 6.54 Å². The molecule has 3 aromatic carbocycles. The minimum absolute atomic E-state index is 0.0267. The largest absolute Gasteiger partial charge is 0.491 e. The molecular formula is C34H41NO5. The van der Waals surface area contributed by atoms with Crippen LogP contribution in [0.4, 0.5) is 0 Å². The van der Waals surface area contributed by atoms with E-state index in [2.05, 4.69) is 51.1 Å². The first kappa shape index (κ1) is 29.2. The van der Waals surface area contributed by atoms with Gasteiger partial charge in [-0.2, -0.15) is 0 Å². The summed E-state index contributed by atoms with van der Waals surface area (Å²) in [4.78, 5) is 26.1. The molecule has 0 unspecified atom stereocenters. The Labute approximate surface area is 237 Å². The van der Waals surface area contributed by atoms with Crippen LogP contribution < -0.4 is 9.47 Å². The van der Waals surface area contributed by atoms with Gasteiger partial charge in [-0.05, 0) is 79.1 Å². The molecule has 0 fully saturated rings. The SMILES string of the molecule is CC(C)Oc1cccc(CN(CC(=O)O)C(=O)CCc2ccc3c(c2)C[C@@](C)(Cc2ccc(C(C)C)cc2)O3)c1. The number of rotatable bonds is 12. The highest BCUT2D eigenvalue weighted by Gasteiger charge is 2.35. The van der Waals surface area contributed by atoms with Gasteiger partial charge >= 0.3 is 5.97 Å². The number of fused-ring (bicyclic) bond motifs is 1. The highest BCUT2D eigenvalue weighted by molar-refractivity contribution is 5.81. The fourth-order valence-corrected chi connectivity index (χ4v) is 5.30. The molecule has 1 amide bonds. The molecule has 0 radical (unpaired) electrons. The number of hydrogen-bond acceptors (Lipinski definition) is 4. The first-order valence-electron chi connectivity index (χ1n) is 14.1. The maximum Gasteiger partial charge on any atom is 0.323 e. The molecule has 1 aliphatic heterocycles. The van der Waals surface area contributed by atoms with Gasteiger partial charge in [0.05, 0.1) is 6.10 Å². The van der Waals surface area contributed by atoms with E-state index in [1.807, 2.05) is 50.2 Å². The molecule has 40 heavy (non-hydrogen) atoms. The van der Waals surface area contributed by atoms with Crippen molar-refractivity contribution in [3.63, 3.8) is 0 Å². The van der Waals surface area contributed by atoms with E-state index >= 15 is 0 Å². The van der Waals surface area contributed by atoms with E-state index in [4.69, 9.17) is 9.47 Å². The van der Waals surface area contributed by atoms with Crippen LogP contribution in [0.5, 0.6) is 11.5 Å². The molecule has 4 rings (SSSR count). The molecule has 0 bridgehead atoms. The van der Waals surface area contributed by atoms with Gasteiger partial charge in [-0.3, -0.25) is 9.59 Å². The molecule has 0 aromatic heterocycles. The molecule has 3 aromatic rings. The summed E-state index contributed by atoms with van der Waals surface area (Å²) in [6.45, 7) is 10.3. The molecule has 212 valence electrons. The lowest BCUT2D eigenvalue weighted by atomic mass is 9.90. The van der Waals surface area contributed by atoms with E-state index in [9.17, 15) is 14.7 Å². The quantitative estimate of drug-likeness (QED) is 0.279. The Hall–Kier alpha value is -3.80. The predicted octanol–water partition coefficient (Wildman–Crippen LogP) is 6.58. The molecule has 0 spiro atoms. The minimum atomic E-state index is -1.03. The van der Waals surface area contributed by atoms with Gasteiger partial charge in [-0.1, -0.05) is 62.4 Å². The van der Waals surface area contributed by atoms with Crippen molar-refractivity contribution in [3.05, 3.63) is 94.5 Å². The summed E-state index contributed by atoms with van der Waals surface area (Å²) in [6, 6.07) is 22.4. The zero-order valence-corrected chi connectivity index (χ0v) is 24.3. The highest BCUT2D eigenvalue weighted by Crippen LogP contribution is 2.38. The van der Waals surface area contributed by atoms with E-state index in [-0.39, 0.29) is 37.1 Å². The van der Waals surface area contributed by atoms with Crippen molar-refractivity contribution < 1.29 is 24.2 Å². The van der Waals surface area contributed by atoms with Crippen molar-refractivity contribution in [2.24, 2.45) is 0 Å². The number of aryl methyl sites for hydroxylation is 1. The van der Waals surface area contributed by atoms with E-state index < -0.39 is 5.97 Å². The molecule has 0 saturated heterocycles. The third kappa shape index (κ3) is 7.87. The van der Waals surface area contributed by atoms with Crippen LogP contribution in [-0.2, 0) is 35.4 Å². The Balaban J connectivity index is 1.37. The number of aliphatic carboxylic acids is 1. The van der Waals surface area contributed by atoms with Crippen molar-refractivity contribution in [3.8, 4) is 11.5 Å². The van der Waals surface area contributed by atoms with Crippen molar-refractivity contribution in [1.29, 1.82) is 0 Å². The zero-order valence-electron chi connectivity index (χ0n) is 24.3. The number of carboxylic acids is 1. The highest BCUT2D eigenvalue weighted by atomic mass is 16.5. The Morgan fingerprint density at radius 3 is 2.38 bits per heavy atom. The second kappa shape index (κ2) is 12.6. The summed E-state index contributed by atoms with van der Waals surface area (Å²) in [5.74, 6) is 0.885. The molecule has 1 heterocycles. The molecule has 6 heteroatoms. The van der Waals surface area contributed by atoms with Crippen LogP contribution in [0.1, 0.15) is 74.8 Å². The molecular weight excluding hydrogens is 502 g/mol. The van der Waals surface area contributed by atoms with E-state index in [1.165, 1.54) is 16.0 Å². The average Bonchev–Trinajstić information content (AvgIpc) is 3.21. The van der Waals surface area contributed by atoms with Gasteiger partial charge in [0.15, 0.2) is 0 Å². The normalized spacial score (nSPS) is 16.1. The van der Waals surface area contributed by atoms with Crippen LogP contribution >= 0.6 is 0 Å². The van der Waals surface area contributed by atoms with Crippen LogP contribution in [0.25, 0.3) is 0 Å². The molecule has 0 aliphatic carbocycles. The van der Waals surface area contributed by atoms with Crippen LogP contribution in [-0.4, -0.2) is 40.1 Å². The fraction of sp³-hybridized carbons (Fsp3) is 0.412. The topological polar surface area (TPSA) is 76.1 Å². The van der Waals surface area contributed by atoms with Gasteiger partial charge in [-0.15, -0.1) is 0 Å². The van der Waals surface area contributed by atoms with E-state index in [0.29, 0.717) is 18.1 Å². The maximum absolute atomic E-state index is 13.1. The van der Waals surface area contributed by atoms with Gasteiger partial charge in [0, 0.05) is 25.8 Å². The van der Waals surface area contributed by atoms with E-state index in [1.54, 1.807) is 0 Å². The number of benzene rings is 3. The number of carboxylic acid groups (broad SMARTS) is 1. The van der Waals surface area contributed by atoms with Crippen LogP contribution in [0.3, 0.4) is 0 Å². The summed E-state index contributed by atoms with van der Waals surface area (Å²) in [6.07, 6.45) is 2.41. The van der Waals surface area contributed by atoms with Crippen LogP contribution in [0.2, 0.25) is 0 Å². The van der Waals surface area contributed by atoms with Crippen molar-refractivity contribution in [1.82, 2.24) is 4.90 Å². The van der Waals surface area contributed by atoms with Gasteiger partial charge in [0.1, 0.15) is 23.6 Å². The Morgan fingerprint density at radius 2 is 1.70 bits per heavy atom. The number of nitrogens with zero attached hydrogens (tertiary/aromatic N) is 1. The monoisotopic (exact) mass is 543 g/mol. The zero-order chi connectivity index (χ0) is 28.9. The van der Waals surface area contributed by atoms with Gasteiger partial charge < -0.3 is 19.5 Å². The standard InChI is InChI=1S/C34H41NO5/c1-23(2)28-13-9-26(10-14-28)19-34(5)20-29-17-25(11-15-31(29)40-34)12-16-32(36)35(22-33(37)38)21-27-7-6-8-30(18-27)39-24(3)4/h6-11,13-15,17-18,23-24H,12,16,19-22H2,1-5H3,(H,37,38)/t34-/m1/s1. The predicted molar refractivity (Wildman–Crippen MR) is 157 cm³/mol. The molecule has 0 saturated carbocycles. The Morgan fingerprint density at radius 1 is 0.975 bits per heavy atom. The van der Waals surface area contributed by atoms with Gasteiger partial charge in [0.25, 0.3) is 0 Å². The lowest BCUT2D eigenvalue weighted by Crippen LogP contribution is -2.35. The van der Waals surface area contributed by atoms with Gasteiger partial charge in [0.2, 0.25) is 5.91 Å². The van der Waals surface area contributed by atoms with Crippen LogP contribution in [0, 0.1) is 0 Å². The van der Waals surface area contributed by atoms with Gasteiger partial charge in [-0.25, -0.2) is 0 Å². The molecule has 6 nitrogen and oxygen atoms in total. The number of carbonyl (C=O) groups is 2. The smallest absolute Gasteiger partial charge is 0.323 e. The summed E-state index contributed by atoms with van der Waals surface area (Å²) in [5, 5.41) is 9.44. The molecule has 1 aliphatic rings.